The molecule has 2 aliphatic rings. The van der Waals surface area contributed by atoms with Gasteiger partial charge in [-0.05, 0) is 55.2 Å². The fraction of sp³-hybridized carbons (Fsp3) is 0.391. The average molecular weight is 406 g/mol. The van der Waals surface area contributed by atoms with Crippen molar-refractivity contribution in [2.45, 2.75) is 37.5 Å². The van der Waals surface area contributed by atoms with Crippen LogP contribution in [0.1, 0.15) is 46.8 Å². The summed E-state index contributed by atoms with van der Waals surface area (Å²) < 4.78 is 5.24. The number of nitrogens with zero attached hydrogens (tertiary/aromatic N) is 2. The van der Waals surface area contributed by atoms with E-state index in [1.807, 2.05) is 12.1 Å². The van der Waals surface area contributed by atoms with Crippen LogP contribution in [0.4, 0.5) is 0 Å². The van der Waals surface area contributed by atoms with Gasteiger partial charge in [-0.25, -0.2) is 10.9 Å². The standard InChI is InChI=1S/C23H27N5O2/c1-30-20-7-5-17(6-8-20)21-14-22(27-26-21)28-11-9-19(10-12-28)25-23(29)18-4-2-3-16(13-18)15-24/h2-8,13,19,21-22,26-27H,9-12,14H2,1H3,(H,25,29). The van der Waals surface area contributed by atoms with E-state index in [-0.39, 0.29) is 24.2 Å². The quantitative estimate of drug-likeness (QED) is 0.708. The number of nitrogens with one attached hydrogen (secondary N) is 3. The maximum Gasteiger partial charge on any atom is 0.251 e. The minimum absolute atomic E-state index is 0.106. The number of likely N-dealkylation sites (tertiary alicyclic amines) is 1. The van der Waals surface area contributed by atoms with Gasteiger partial charge in [0.2, 0.25) is 0 Å². The van der Waals surface area contributed by atoms with Crippen molar-refractivity contribution in [3.63, 3.8) is 0 Å². The van der Waals surface area contributed by atoms with E-state index in [0.29, 0.717) is 11.1 Å². The summed E-state index contributed by atoms with van der Waals surface area (Å²) in [6.45, 7) is 1.86. The predicted octanol–water partition coefficient (Wildman–Crippen LogP) is 2.33. The summed E-state index contributed by atoms with van der Waals surface area (Å²) in [5.74, 6) is 0.760. The molecule has 156 valence electrons. The average Bonchev–Trinajstić information content (AvgIpc) is 3.30. The van der Waals surface area contributed by atoms with Crippen LogP contribution in [-0.4, -0.2) is 43.2 Å². The van der Waals surface area contributed by atoms with Gasteiger partial charge in [0, 0.05) is 30.7 Å². The molecule has 2 heterocycles. The van der Waals surface area contributed by atoms with E-state index < -0.39 is 0 Å². The zero-order valence-corrected chi connectivity index (χ0v) is 17.1. The molecule has 2 aromatic carbocycles. The number of hydrazine groups is 1. The Morgan fingerprint density at radius 3 is 2.63 bits per heavy atom. The molecular weight excluding hydrogens is 378 g/mol. The lowest BCUT2D eigenvalue weighted by Crippen LogP contribution is -2.51. The normalized spacial score (nSPS) is 22.4. The van der Waals surface area contributed by atoms with Gasteiger partial charge >= 0.3 is 0 Å². The Bertz CT molecular complexity index is 916. The van der Waals surface area contributed by atoms with Crippen molar-refractivity contribution >= 4 is 5.91 Å². The Morgan fingerprint density at radius 1 is 1.17 bits per heavy atom. The molecular formula is C23H27N5O2. The van der Waals surface area contributed by atoms with Crippen molar-refractivity contribution < 1.29 is 9.53 Å². The van der Waals surface area contributed by atoms with E-state index in [1.54, 1.807) is 31.4 Å². The number of hydrogen-bond acceptors (Lipinski definition) is 6. The maximum absolute atomic E-state index is 12.5. The predicted molar refractivity (Wildman–Crippen MR) is 114 cm³/mol. The van der Waals surface area contributed by atoms with Gasteiger partial charge < -0.3 is 10.1 Å². The number of ether oxygens (including phenoxy) is 1. The van der Waals surface area contributed by atoms with Gasteiger partial charge in [0.25, 0.3) is 5.91 Å². The molecule has 7 heteroatoms. The van der Waals surface area contributed by atoms with Gasteiger partial charge in [0.05, 0.1) is 24.9 Å². The monoisotopic (exact) mass is 405 g/mol. The molecule has 2 fully saturated rings. The number of amides is 1. The van der Waals surface area contributed by atoms with Crippen LogP contribution < -0.4 is 20.9 Å². The smallest absolute Gasteiger partial charge is 0.251 e. The molecule has 2 aliphatic heterocycles. The highest BCUT2D eigenvalue weighted by Crippen LogP contribution is 2.27. The minimum Gasteiger partial charge on any atom is -0.497 e. The summed E-state index contributed by atoms with van der Waals surface area (Å²) in [4.78, 5) is 14.9. The Balaban J connectivity index is 1.26. The summed E-state index contributed by atoms with van der Waals surface area (Å²) in [7, 11) is 1.68. The SMILES string of the molecule is COc1ccc(C2CC(N3CCC(NC(=O)c4cccc(C#N)c4)CC3)NN2)cc1. The van der Waals surface area contributed by atoms with Crippen LogP contribution in [0, 0.1) is 11.3 Å². The third kappa shape index (κ3) is 4.62. The van der Waals surface area contributed by atoms with Crippen LogP contribution in [0.2, 0.25) is 0 Å². The number of carbonyl (C=O) groups excluding carboxylic acids is 1. The molecule has 2 saturated heterocycles. The summed E-state index contributed by atoms with van der Waals surface area (Å²) in [5.41, 5.74) is 9.12. The molecule has 0 bridgehead atoms. The van der Waals surface area contributed by atoms with E-state index in [2.05, 4.69) is 39.3 Å². The van der Waals surface area contributed by atoms with Crippen LogP contribution in [-0.2, 0) is 0 Å². The Hall–Kier alpha value is -2.92. The van der Waals surface area contributed by atoms with E-state index in [1.165, 1.54) is 5.56 Å². The molecule has 4 rings (SSSR count). The molecule has 0 spiro atoms. The lowest BCUT2D eigenvalue weighted by molar-refractivity contribution is 0.0880. The Labute approximate surface area is 177 Å². The molecule has 0 saturated carbocycles. The van der Waals surface area contributed by atoms with Gasteiger partial charge in [-0.15, -0.1) is 0 Å². The first-order valence-corrected chi connectivity index (χ1v) is 10.4. The first-order valence-electron chi connectivity index (χ1n) is 10.4. The van der Waals surface area contributed by atoms with Gasteiger partial charge in [-0.2, -0.15) is 5.26 Å². The first-order chi connectivity index (χ1) is 14.7. The lowest BCUT2D eigenvalue weighted by atomic mass is 10.0. The third-order valence-corrected chi connectivity index (χ3v) is 5.96. The minimum atomic E-state index is -0.106. The fourth-order valence-corrected chi connectivity index (χ4v) is 4.19. The third-order valence-electron chi connectivity index (χ3n) is 5.96. The highest BCUT2D eigenvalue weighted by atomic mass is 16.5. The number of piperidine rings is 1. The zero-order valence-electron chi connectivity index (χ0n) is 17.1. The molecule has 1 amide bonds. The number of nitriles is 1. The highest BCUT2D eigenvalue weighted by Gasteiger charge is 2.32. The van der Waals surface area contributed by atoms with E-state index in [9.17, 15) is 4.79 Å². The Morgan fingerprint density at radius 2 is 1.93 bits per heavy atom. The van der Waals surface area contributed by atoms with Gasteiger partial charge in [0.15, 0.2) is 0 Å². The fourth-order valence-electron chi connectivity index (χ4n) is 4.19. The number of benzene rings is 2. The molecule has 2 atom stereocenters. The van der Waals surface area contributed by atoms with Crippen LogP contribution in [0.5, 0.6) is 5.75 Å². The molecule has 2 unspecified atom stereocenters. The second-order valence-corrected chi connectivity index (χ2v) is 7.84. The van der Waals surface area contributed by atoms with E-state index in [4.69, 9.17) is 10.00 Å². The number of hydrogen-bond donors (Lipinski definition) is 3. The van der Waals surface area contributed by atoms with Crippen LogP contribution in [0.25, 0.3) is 0 Å². The van der Waals surface area contributed by atoms with Crippen molar-refractivity contribution in [1.29, 1.82) is 5.26 Å². The molecule has 2 aromatic rings. The van der Waals surface area contributed by atoms with Crippen LogP contribution in [0.15, 0.2) is 48.5 Å². The molecule has 3 N–H and O–H groups in total. The van der Waals surface area contributed by atoms with Crippen molar-refractivity contribution in [3.05, 3.63) is 65.2 Å². The summed E-state index contributed by atoms with van der Waals surface area (Å²) in [5, 5.41) is 12.1. The van der Waals surface area contributed by atoms with Gasteiger partial charge in [-0.1, -0.05) is 18.2 Å². The van der Waals surface area contributed by atoms with Crippen molar-refractivity contribution in [1.82, 2.24) is 21.1 Å². The highest BCUT2D eigenvalue weighted by molar-refractivity contribution is 5.94. The van der Waals surface area contributed by atoms with Crippen LogP contribution >= 0.6 is 0 Å². The van der Waals surface area contributed by atoms with Crippen molar-refractivity contribution in [2.75, 3.05) is 20.2 Å². The Kier molecular flexibility index (Phi) is 6.29. The number of methoxy groups -OCH3 is 1. The molecule has 0 aliphatic carbocycles. The summed E-state index contributed by atoms with van der Waals surface area (Å²) >= 11 is 0. The number of carbonyl (C=O) groups is 1. The second kappa shape index (κ2) is 9.26. The zero-order chi connectivity index (χ0) is 20.9. The number of rotatable bonds is 5. The summed E-state index contributed by atoms with van der Waals surface area (Å²) in [6.07, 6.45) is 3.09. The largest absolute Gasteiger partial charge is 0.497 e. The first kappa shape index (κ1) is 20.4. The van der Waals surface area contributed by atoms with E-state index in [0.717, 1.165) is 38.1 Å². The van der Waals surface area contributed by atoms with Gasteiger partial charge in [0.1, 0.15) is 5.75 Å². The maximum atomic E-state index is 12.5. The molecule has 0 aromatic heterocycles. The second-order valence-electron chi connectivity index (χ2n) is 7.84. The molecule has 7 nitrogen and oxygen atoms in total. The summed E-state index contributed by atoms with van der Waals surface area (Å²) in [6, 6.07) is 17.5. The molecule has 30 heavy (non-hydrogen) atoms. The van der Waals surface area contributed by atoms with Gasteiger partial charge in [-0.3, -0.25) is 9.69 Å². The molecule has 0 radical (unpaired) electrons. The van der Waals surface area contributed by atoms with E-state index >= 15 is 0 Å². The van der Waals surface area contributed by atoms with Crippen LogP contribution in [0.3, 0.4) is 0 Å². The van der Waals surface area contributed by atoms with Crippen molar-refractivity contribution in [2.24, 2.45) is 0 Å². The van der Waals surface area contributed by atoms with Crippen molar-refractivity contribution in [3.8, 4) is 11.8 Å². The topological polar surface area (TPSA) is 89.4 Å². The lowest BCUT2D eigenvalue weighted by Gasteiger charge is -2.35.